The molecule has 5 nitrogen and oxygen atoms in total. The van der Waals surface area contributed by atoms with Crippen molar-refractivity contribution in [3.63, 3.8) is 0 Å². The van der Waals surface area contributed by atoms with Crippen LogP contribution in [0.3, 0.4) is 0 Å². The molecule has 3 aromatic rings. The molecule has 0 radical (unpaired) electrons. The van der Waals surface area contributed by atoms with E-state index in [0.29, 0.717) is 28.6 Å². The second-order valence-electron chi connectivity index (χ2n) is 8.24. The lowest BCUT2D eigenvalue weighted by molar-refractivity contribution is 0.101. The molecule has 2 aromatic carbocycles. The van der Waals surface area contributed by atoms with Crippen molar-refractivity contribution in [3.8, 4) is 17.2 Å². The van der Waals surface area contributed by atoms with E-state index in [1.165, 1.54) is 5.57 Å². The topological polar surface area (TPSA) is 57.7 Å². The van der Waals surface area contributed by atoms with Gasteiger partial charge in [0.15, 0.2) is 17.3 Å². The van der Waals surface area contributed by atoms with Crippen LogP contribution in [-0.2, 0) is 0 Å². The van der Waals surface area contributed by atoms with Gasteiger partial charge in [-0.3, -0.25) is 9.78 Å². The largest absolute Gasteiger partial charge is 0.493 e. The minimum atomic E-state index is 0.00458. The Balaban J connectivity index is 2.21. The van der Waals surface area contributed by atoms with Crippen molar-refractivity contribution < 1.29 is 19.0 Å². The number of aromatic nitrogens is 1. The van der Waals surface area contributed by atoms with Gasteiger partial charge in [-0.2, -0.15) is 0 Å². The zero-order chi connectivity index (χ0) is 24.8. The Morgan fingerprint density at radius 1 is 0.824 bits per heavy atom. The van der Waals surface area contributed by atoms with Gasteiger partial charge >= 0.3 is 0 Å². The lowest BCUT2D eigenvalue weighted by Crippen LogP contribution is -2.03. The molecule has 1 aromatic heterocycles. The molecule has 0 saturated carbocycles. The van der Waals surface area contributed by atoms with E-state index < -0.39 is 0 Å². The number of nitrogens with zero attached hydrogens (tertiary/aromatic N) is 1. The fraction of sp³-hybridized carbons (Fsp3) is 0.241. The quantitative estimate of drug-likeness (QED) is 0.204. The highest BCUT2D eigenvalue weighted by Gasteiger charge is 2.15. The Kier molecular flexibility index (Phi) is 7.90. The molecule has 0 aliphatic rings. The van der Waals surface area contributed by atoms with Crippen LogP contribution in [0, 0.1) is 0 Å². The summed E-state index contributed by atoms with van der Waals surface area (Å²) in [5.41, 5.74) is 5.42. The van der Waals surface area contributed by atoms with Gasteiger partial charge in [-0.25, -0.2) is 0 Å². The van der Waals surface area contributed by atoms with Gasteiger partial charge < -0.3 is 14.2 Å². The van der Waals surface area contributed by atoms with Crippen molar-refractivity contribution in [3.05, 3.63) is 88.8 Å². The Bertz CT molecular complexity index is 1310. The van der Waals surface area contributed by atoms with Gasteiger partial charge in [0.25, 0.3) is 0 Å². The molecule has 0 aliphatic heterocycles. The number of ether oxygens (including phenoxy) is 3. The molecule has 0 bridgehead atoms. The third-order valence-electron chi connectivity index (χ3n) is 5.78. The van der Waals surface area contributed by atoms with E-state index in [9.17, 15) is 4.79 Å². The molecule has 3 rings (SSSR count). The summed E-state index contributed by atoms with van der Waals surface area (Å²) in [6.07, 6.45) is 5.67. The number of methoxy groups -OCH3 is 2. The highest BCUT2D eigenvalue weighted by atomic mass is 16.5. The molecule has 0 unspecified atom stereocenters. The van der Waals surface area contributed by atoms with Crippen molar-refractivity contribution in [1.82, 2.24) is 4.98 Å². The predicted octanol–water partition coefficient (Wildman–Crippen LogP) is 7.18. The Hall–Kier alpha value is -3.86. The van der Waals surface area contributed by atoms with Gasteiger partial charge in [0.1, 0.15) is 11.5 Å². The number of allylic oxidation sites excluding steroid dienone is 5. The van der Waals surface area contributed by atoms with E-state index in [-0.39, 0.29) is 5.78 Å². The summed E-state index contributed by atoms with van der Waals surface area (Å²) in [6.45, 7) is 9.73. The molecule has 0 spiro atoms. The number of hydrogen-bond donors (Lipinski definition) is 0. The van der Waals surface area contributed by atoms with Gasteiger partial charge in [0.05, 0.1) is 19.7 Å². The van der Waals surface area contributed by atoms with Crippen LogP contribution in [-0.4, -0.2) is 25.0 Å². The van der Waals surface area contributed by atoms with Crippen molar-refractivity contribution in [2.24, 2.45) is 0 Å². The second-order valence-corrected chi connectivity index (χ2v) is 8.24. The highest BCUT2D eigenvalue weighted by molar-refractivity contribution is 5.99. The Morgan fingerprint density at radius 3 is 2.09 bits per heavy atom. The van der Waals surface area contributed by atoms with Gasteiger partial charge in [0, 0.05) is 23.2 Å². The number of rotatable bonds is 8. The third kappa shape index (κ3) is 5.37. The molecule has 0 fully saturated rings. The van der Waals surface area contributed by atoms with Crippen LogP contribution < -0.4 is 14.2 Å². The fourth-order valence-electron chi connectivity index (χ4n) is 3.51. The number of fused-ring (bicyclic) bond motifs is 1. The highest BCUT2D eigenvalue weighted by Crippen LogP contribution is 2.36. The van der Waals surface area contributed by atoms with Crippen LogP contribution in [0.1, 0.15) is 50.5 Å². The molecule has 176 valence electrons. The van der Waals surface area contributed by atoms with Crippen LogP contribution in [0.4, 0.5) is 0 Å². The molecule has 0 saturated heterocycles. The standard InChI is InChI=1S/C29H31NO4/c1-18(2)19(3)12-13-26(20(4)22-10-8-9-11-23(22)21(5)31)34-27-14-15-30-25-17-29(33-7)28(32-6)16-24(25)27/h8-17H,1-7H3/b13-12-,26-20-. The van der Waals surface area contributed by atoms with E-state index in [0.717, 1.165) is 27.6 Å². The molecule has 0 atom stereocenters. The number of benzene rings is 2. The predicted molar refractivity (Wildman–Crippen MR) is 138 cm³/mol. The molecule has 5 heteroatoms. The lowest BCUT2D eigenvalue weighted by atomic mass is 9.97. The molecule has 1 heterocycles. The lowest BCUT2D eigenvalue weighted by Gasteiger charge is -2.16. The van der Waals surface area contributed by atoms with Crippen molar-refractivity contribution >= 4 is 22.3 Å². The number of Topliss-reactive ketones (excluding diaryl/α,β-unsaturated/α-hetero) is 1. The summed E-state index contributed by atoms with van der Waals surface area (Å²) >= 11 is 0. The first kappa shape index (κ1) is 24.8. The molecule has 34 heavy (non-hydrogen) atoms. The molecule has 0 aliphatic carbocycles. The molecular weight excluding hydrogens is 426 g/mol. The summed E-state index contributed by atoms with van der Waals surface area (Å²) in [5, 5.41) is 0.789. The van der Waals surface area contributed by atoms with Gasteiger partial charge in [-0.1, -0.05) is 41.5 Å². The van der Waals surface area contributed by atoms with Crippen LogP contribution in [0.5, 0.6) is 17.2 Å². The van der Waals surface area contributed by atoms with Crippen molar-refractivity contribution in [2.45, 2.75) is 34.6 Å². The minimum Gasteiger partial charge on any atom is -0.493 e. The zero-order valence-corrected chi connectivity index (χ0v) is 20.9. The SMILES string of the molecule is COc1cc2nccc(OC(/C=C\C(C)=C(C)C)=C(/C)c3ccccc3C(C)=O)c2cc1OC. The van der Waals surface area contributed by atoms with E-state index >= 15 is 0 Å². The minimum absolute atomic E-state index is 0.00458. The first-order chi connectivity index (χ1) is 16.3. The summed E-state index contributed by atoms with van der Waals surface area (Å²) in [4.78, 5) is 16.8. The van der Waals surface area contributed by atoms with E-state index in [2.05, 4.69) is 25.8 Å². The maximum absolute atomic E-state index is 12.3. The maximum Gasteiger partial charge on any atom is 0.162 e. The number of ketones is 1. The molecule has 0 amide bonds. The summed E-state index contributed by atoms with van der Waals surface area (Å²) < 4.78 is 17.4. The smallest absolute Gasteiger partial charge is 0.162 e. The monoisotopic (exact) mass is 457 g/mol. The Morgan fingerprint density at radius 2 is 1.47 bits per heavy atom. The van der Waals surface area contributed by atoms with Crippen molar-refractivity contribution in [2.75, 3.05) is 14.2 Å². The number of carbonyl (C=O) groups is 1. The van der Waals surface area contributed by atoms with Gasteiger partial charge in [-0.15, -0.1) is 0 Å². The maximum atomic E-state index is 12.3. The second kappa shape index (κ2) is 10.8. The number of pyridine rings is 1. The third-order valence-corrected chi connectivity index (χ3v) is 5.78. The number of carbonyl (C=O) groups excluding carboxylic acids is 1. The van der Waals surface area contributed by atoms with Crippen LogP contribution in [0.25, 0.3) is 16.5 Å². The van der Waals surface area contributed by atoms with E-state index in [1.807, 2.05) is 61.5 Å². The number of hydrogen-bond acceptors (Lipinski definition) is 5. The van der Waals surface area contributed by atoms with E-state index in [4.69, 9.17) is 14.2 Å². The van der Waals surface area contributed by atoms with Crippen molar-refractivity contribution in [1.29, 1.82) is 0 Å². The van der Waals surface area contributed by atoms with Crippen LogP contribution >= 0.6 is 0 Å². The fourth-order valence-corrected chi connectivity index (χ4v) is 3.51. The summed E-state index contributed by atoms with van der Waals surface area (Å²) in [6, 6.07) is 13.1. The van der Waals surface area contributed by atoms with Crippen LogP contribution in [0.2, 0.25) is 0 Å². The summed E-state index contributed by atoms with van der Waals surface area (Å²) in [5.74, 6) is 2.45. The summed E-state index contributed by atoms with van der Waals surface area (Å²) in [7, 11) is 3.19. The average Bonchev–Trinajstić information content (AvgIpc) is 2.84. The van der Waals surface area contributed by atoms with Gasteiger partial charge in [0.2, 0.25) is 0 Å². The first-order valence-electron chi connectivity index (χ1n) is 11.1. The first-order valence-corrected chi connectivity index (χ1v) is 11.1. The normalized spacial score (nSPS) is 11.9. The van der Waals surface area contributed by atoms with Gasteiger partial charge in [-0.05, 0) is 64.0 Å². The molecule has 0 N–H and O–H groups in total. The van der Waals surface area contributed by atoms with E-state index in [1.54, 1.807) is 27.3 Å². The Labute approximate surface area is 201 Å². The average molecular weight is 458 g/mol. The zero-order valence-electron chi connectivity index (χ0n) is 20.9. The molecular formula is C29H31NO4. The van der Waals surface area contributed by atoms with Crippen LogP contribution in [0.15, 0.2) is 77.7 Å².